The highest BCUT2D eigenvalue weighted by molar-refractivity contribution is 6.01. The van der Waals surface area contributed by atoms with E-state index in [2.05, 4.69) is 10.4 Å². The Morgan fingerprint density at radius 1 is 0.941 bits per heavy atom. The molecular formula is C26H20FN3O4. The molecule has 0 fully saturated rings. The number of amides is 1. The fraction of sp³-hybridized carbons (Fsp3) is 0.0769. The zero-order chi connectivity index (χ0) is 24.1. The first-order chi connectivity index (χ1) is 16.4. The van der Waals surface area contributed by atoms with E-state index in [1.54, 1.807) is 4.68 Å². The molecule has 170 valence electrons. The highest BCUT2D eigenvalue weighted by Crippen LogP contribution is 2.24. The predicted octanol–water partition coefficient (Wildman–Crippen LogP) is 4.68. The average molecular weight is 457 g/mol. The molecule has 1 heterocycles. The highest BCUT2D eigenvalue weighted by atomic mass is 19.1. The molecule has 1 N–H and O–H groups in total. The number of hydrogen-bond donors (Lipinski definition) is 1. The molecule has 0 aliphatic heterocycles. The number of nitrogens with one attached hydrogen (secondary N) is 1. The molecule has 4 rings (SSSR count). The van der Waals surface area contributed by atoms with Crippen molar-refractivity contribution < 1.29 is 23.5 Å². The van der Waals surface area contributed by atoms with Gasteiger partial charge in [0.15, 0.2) is 6.61 Å². The molecule has 1 amide bonds. The van der Waals surface area contributed by atoms with Crippen LogP contribution in [0.15, 0.2) is 85.1 Å². The summed E-state index contributed by atoms with van der Waals surface area (Å²) >= 11 is 0. The number of nitrogens with zero attached hydrogens (tertiary/aromatic N) is 2. The maximum atomic E-state index is 14.3. The minimum atomic E-state index is -0.825. The Bertz CT molecular complexity index is 1350. The van der Waals surface area contributed by atoms with Gasteiger partial charge in [-0.2, -0.15) is 5.10 Å². The lowest BCUT2D eigenvalue weighted by molar-refractivity contribution is -0.114. The Morgan fingerprint density at radius 2 is 1.62 bits per heavy atom. The second kappa shape index (κ2) is 9.91. The Balaban J connectivity index is 1.55. The van der Waals surface area contributed by atoms with Crippen LogP contribution in [-0.4, -0.2) is 34.0 Å². The zero-order valence-corrected chi connectivity index (χ0v) is 18.2. The molecule has 7 nitrogen and oxygen atoms in total. The Labute approximate surface area is 194 Å². The minimum absolute atomic E-state index is 0.171. The van der Waals surface area contributed by atoms with Crippen molar-refractivity contribution in [3.63, 3.8) is 0 Å². The van der Waals surface area contributed by atoms with E-state index < -0.39 is 24.2 Å². The van der Waals surface area contributed by atoms with E-state index in [0.717, 1.165) is 11.8 Å². The van der Waals surface area contributed by atoms with Crippen LogP contribution in [-0.2, 0) is 9.53 Å². The maximum absolute atomic E-state index is 14.3. The van der Waals surface area contributed by atoms with E-state index in [4.69, 9.17) is 4.74 Å². The number of anilines is 1. The van der Waals surface area contributed by atoms with E-state index in [0.29, 0.717) is 11.3 Å². The van der Waals surface area contributed by atoms with Crippen LogP contribution in [0.1, 0.15) is 27.6 Å². The Morgan fingerprint density at radius 3 is 2.26 bits per heavy atom. The van der Waals surface area contributed by atoms with Crippen molar-refractivity contribution in [2.45, 2.75) is 6.92 Å². The van der Waals surface area contributed by atoms with Gasteiger partial charge in [-0.05, 0) is 30.3 Å². The second-order valence-electron chi connectivity index (χ2n) is 7.41. The van der Waals surface area contributed by atoms with E-state index in [1.165, 1.54) is 25.3 Å². The monoisotopic (exact) mass is 457 g/mol. The van der Waals surface area contributed by atoms with Crippen molar-refractivity contribution in [2.24, 2.45) is 0 Å². The lowest BCUT2D eigenvalue weighted by Crippen LogP contribution is -2.16. The first-order valence-electron chi connectivity index (χ1n) is 10.4. The van der Waals surface area contributed by atoms with Gasteiger partial charge in [-0.15, -0.1) is 0 Å². The van der Waals surface area contributed by atoms with Crippen LogP contribution < -0.4 is 5.32 Å². The van der Waals surface area contributed by atoms with Gasteiger partial charge in [-0.3, -0.25) is 9.59 Å². The smallest absolute Gasteiger partial charge is 0.342 e. The van der Waals surface area contributed by atoms with Crippen LogP contribution in [0.25, 0.3) is 16.9 Å². The topological polar surface area (TPSA) is 90.3 Å². The SMILES string of the molecule is CC(=O)Nc1ccc(C(=O)COC(=O)c2cn(-c3ccccc3)nc2-c2ccccc2)c(F)c1. The molecule has 0 atom stereocenters. The van der Waals surface area contributed by atoms with Crippen LogP contribution in [0.4, 0.5) is 10.1 Å². The summed E-state index contributed by atoms with van der Waals surface area (Å²) in [6.07, 6.45) is 1.54. The molecule has 3 aromatic carbocycles. The van der Waals surface area contributed by atoms with Crippen LogP contribution in [0.3, 0.4) is 0 Å². The van der Waals surface area contributed by atoms with Gasteiger partial charge in [0.25, 0.3) is 0 Å². The largest absolute Gasteiger partial charge is 0.454 e. The summed E-state index contributed by atoms with van der Waals surface area (Å²) in [5.74, 6) is -2.66. The highest BCUT2D eigenvalue weighted by Gasteiger charge is 2.22. The molecule has 0 bridgehead atoms. The number of ketones is 1. The number of ether oxygens (including phenoxy) is 1. The summed E-state index contributed by atoms with van der Waals surface area (Å²) < 4.78 is 21.1. The van der Waals surface area contributed by atoms with E-state index in [9.17, 15) is 18.8 Å². The number of rotatable bonds is 7. The average Bonchev–Trinajstić information content (AvgIpc) is 3.29. The summed E-state index contributed by atoms with van der Waals surface area (Å²) in [7, 11) is 0. The maximum Gasteiger partial charge on any atom is 0.342 e. The molecule has 0 spiro atoms. The molecule has 1 aromatic heterocycles. The number of carbonyl (C=O) groups excluding carboxylic acids is 3. The van der Waals surface area contributed by atoms with Gasteiger partial charge in [0.05, 0.1) is 11.3 Å². The number of esters is 1. The molecule has 0 aliphatic rings. The van der Waals surface area contributed by atoms with Crippen LogP contribution in [0, 0.1) is 5.82 Å². The number of benzene rings is 3. The molecule has 0 saturated carbocycles. The molecule has 34 heavy (non-hydrogen) atoms. The normalized spacial score (nSPS) is 10.5. The fourth-order valence-corrected chi connectivity index (χ4v) is 3.35. The predicted molar refractivity (Wildman–Crippen MR) is 124 cm³/mol. The van der Waals surface area contributed by atoms with Crippen LogP contribution in [0.5, 0.6) is 0 Å². The molecule has 0 aliphatic carbocycles. The Hall–Kier alpha value is -4.59. The van der Waals surface area contributed by atoms with Gasteiger partial charge >= 0.3 is 5.97 Å². The summed E-state index contributed by atoms with van der Waals surface area (Å²) in [5.41, 5.74) is 1.99. The van der Waals surface area contributed by atoms with Crippen LogP contribution >= 0.6 is 0 Å². The number of hydrogen-bond acceptors (Lipinski definition) is 5. The van der Waals surface area contributed by atoms with Crippen molar-refractivity contribution >= 4 is 23.3 Å². The molecule has 8 heteroatoms. The third-order valence-electron chi connectivity index (χ3n) is 4.93. The van der Waals surface area contributed by atoms with Gasteiger partial charge in [0.2, 0.25) is 11.7 Å². The first kappa shape index (κ1) is 22.6. The van der Waals surface area contributed by atoms with Gasteiger partial charge in [0, 0.05) is 24.4 Å². The van der Waals surface area contributed by atoms with Crippen molar-refractivity contribution in [2.75, 3.05) is 11.9 Å². The number of halogens is 1. The van der Waals surface area contributed by atoms with Crippen molar-refractivity contribution in [1.82, 2.24) is 9.78 Å². The third-order valence-corrected chi connectivity index (χ3v) is 4.93. The summed E-state index contributed by atoms with van der Waals surface area (Å²) in [6, 6.07) is 22.0. The lowest BCUT2D eigenvalue weighted by Gasteiger charge is -2.07. The van der Waals surface area contributed by atoms with Crippen LogP contribution in [0.2, 0.25) is 0 Å². The van der Waals surface area contributed by atoms with Gasteiger partial charge in [0.1, 0.15) is 17.1 Å². The molecule has 0 unspecified atom stereocenters. The van der Waals surface area contributed by atoms with Crippen molar-refractivity contribution in [1.29, 1.82) is 0 Å². The minimum Gasteiger partial charge on any atom is -0.454 e. The first-order valence-corrected chi connectivity index (χ1v) is 10.4. The van der Waals surface area contributed by atoms with E-state index in [-0.39, 0.29) is 22.7 Å². The van der Waals surface area contributed by atoms with Crippen molar-refractivity contribution in [3.05, 3.63) is 102 Å². The standard InChI is InChI=1S/C26H20FN3O4/c1-17(31)28-19-12-13-21(23(27)14-19)24(32)16-34-26(33)22-15-30(20-10-6-3-7-11-20)29-25(22)18-8-4-2-5-9-18/h2-15H,16H2,1H3,(H,28,31). The second-order valence-corrected chi connectivity index (χ2v) is 7.41. The third kappa shape index (κ3) is 5.07. The number of para-hydroxylation sites is 1. The quantitative estimate of drug-likeness (QED) is 0.322. The van der Waals surface area contributed by atoms with Gasteiger partial charge < -0.3 is 10.1 Å². The lowest BCUT2D eigenvalue weighted by atomic mass is 10.1. The zero-order valence-electron chi connectivity index (χ0n) is 18.2. The van der Waals surface area contributed by atoms with E-state index >= 15 is 0 Å². The molecule has 0 saturated heterocycles. The Kier molecular flexibility index (Phi) is 6.59. The number of Topliss-reactive ketones (excluding diaryl/α,β-unsaturated/α-hetero) is 1. The molecule has 0 radical (unpaired) electrons. The number of carbonyl (C=O) groups is 3. The summed E-state index contributed by atoms with van der Waals surface area (Å²) in [5, 5.41) is 6.98. The fourth-order valence-electron chi connectivity index (χ4n) is 3.35. The van der Waals surface area contributed by atoms with Gasteiger partial charge in [-0.1, -0.05) is 48.5 Å². The van der Waals surface area contributed by atoms with Gasteiger partial charge in [-0.25, -0.2) is 13.9 Å². The number of aromatic nitrogens is 2. The molecular weight excluding hydrogens is 437 g/mol. The van der Waals surface area contributed by atoms with E-state index in [1.807, 2.05) is 60.7 Å². The van der Waals surface area contributed by atoms with Crippen molar-refractivity contribution in [3.8, 4) is 16.9 Å². The summed E-state index contributed by atoms with van der Waals surface area (Å²) in [4.78, 5) is 36.5. The summed E-state index contributed by atoms with van der Waals surface area (Å²) in [6.45, 7) is 0.639. The molecule has 4 aromatic rings.